The Balaban J connectivity index is 0.000000170. The van der Waals surface area contributed by atoms with Crippen molar-refractivity contribution in [3.05, 3.63) is 489 Å². The molecule has 0 saturated carbocycles. The van der Waals surface area contributed by atoms with Crippen LogP contribution >= 0.6 is 0 Å². The van der Waals surface area contributed by atoms with E-state index in [1.54, 1.807) is 0 Å². The molecule has 0 fully saturated rings. The Bertz CT molecular complexity index is 5240. The number of para-hydroxylation sites is 2. The fourth-order valence-corrected chi connectivity index (χ4v) is 14.9. The number of aryl methyl sites for hydroxylation is 4. The molecule has 2 nitrogen and oxygen atoms in total. The lowest BCUT2D eigenvalue weighted by Crippen LogP contribution is -2.13. The fraction of sp³-hybridized carbons (Fsp3) is 0.0769. The third kappa shape index (κ3) is 16.9. The van der Waals surface area contributed by atoms with Crippen molar-refractivity contribution in [2.45, 2.75) is 51.4 Å². The number of hydrogen-bond acceptors (Lipinski definition) is 2. The molecule has 0 aromatic heterocycles. The molecule has 0 aliphatic heterocycles. The standard InChI is InChI=1S/2C52H43N/c1-5-21-42(22-6-1)50(43-23-7-2-8-24-43)33-18-31-46-29-15-16-34-52(46)53(49-36-35-41-20-13-14-30-47(41)39-49)48-32-17-19-40(37-48)38-51(44-25-9-3-10-26-44)45-27-11-4-12-28-45;1-5-19-42(20-6-1)50(43-21-7-2-8-22-43)30-17-29-46-27-15-16-31-52(46)53(49-37-34-41-18-13-14-28-47(41)39-49)48-35-32-40(33-36-48)38-51(44-23-9-3-10-24-44)45-25-11-4-12-26-45/h1-12,15-19,21-29,31-39H,13-14,20,30H2;1-12,15-17,19-27,29-39H,13-14,18,28H2/b31-18+;29-17+. The van der Waals surface area contributed by atoms with Crippen LogP contribution in [0.1, 0.15) is 115 Å². The van der Waals surface area contributed by atoms with Gasteiger partial charge in [0.15, 0.2) is 0 Å². The average Bonchev–Trinajstić information content (AvgIpc) is 0.784. The van der Waals surface area contributed by atoms with Crippen LogP contribution < -0.4 is 9.80 Å². The summed E-state index contributed by atoms with van der Waals surface area (Å²) < 4.78 is 0. The highest BCUT2D eigenvalue weighted by Crippen LogP contribution is 2.43. The van der Waals surface area contributed by atoms with E-state index in [-0.39, 0.29) is 0 Å². The Morgan fingerprint density at radius 1 is 0.217 bits per heavy atom. The van der Waals surface area contributed by atoms with Crippen LogP contribution in [0.5, 0.6) is 0 Å². The van der Waals surface area contributed by atoms with Gasteiger partial charge in [-0.3, -0.25) is 0 Å². The Morgan fingerprint density at radius 3 is 0.877 bits per heavy atom. The molecule has 2 aliphatic carbocycles. The Morgan fingerprint density at radius 2 is 0.509 bits per heavy atom. The molecular formula is C104H86N2. The summed E-state index contributed by atoms with van der Waals surface area (Å²) in [6.07, 6.45) is 27.6. The lowest BCUT2D eigenvalue weighted by atomic mass is 9.91. The molecule has 0 spiro atoms. The Labute approximate surface area is 627 Å². The van der Waals surface area contributed by atoms with Gasteiger partial charge < -0.3 is 9.80 Å². The maximum Gasteiger partial charge on any atom is 0.0533 e. The predicted octanol–water partition coefficient (Wildman–Crippen LogP) is 27.5. The Kier molecular flexibility index (Phi) is 22.3. The van der Waals surface area contributed by atoms with Crippen LogP contribution in [0.15, 0.2) is 400 Å². The van der Waals surface area contributed by atoms with Crippen molar-refractivity contribution in [2.75, 3.05) is 9.80 Å². The van der Waals surface area contributed by atoms with Gasteiger partial charge in [0.05, 0.1) is 11.4 Å². The van der Waals surface area contributed by atoms with Gasteiger partial charge in [-0.05, 0) is 235 Å². The molecule has 0 atom stereocenters. The normalized spacial score (nSPS) is 12.2. The molecule has 0 radical (unpaired) electrons. The predicted molar refractivity (Wildman–Crippen MR) is 453 cm³/mol. The zero-order valence-corrected chi connectivity index (χ0v) is 60.0. The number of nitrogens with zero attached hydrogens (tertiary/aromatic N) is 2. The van der Waals surface area contributed by atoms with E-state index in [1.165, 1.54) is 133 Å². The minimum absolute atomic E-state index is 1.13. The summed E-state index contributed by atoms with van der Waals surface area (Å²) in [6, 6.07) is 135. The van der Waals surface area contributed by atoms with Crippen LogP contribution in [-0.2, 0) is 25.7 Å². The topological polar surface area (TPSA) is 6.48 Å². The van der Waals surface area contributed by atoms with Crippen molar-refractivity contribution < 1.29 is 0 Å². The van der Waals surface area contributed by atoms with Crippen LogP contribution in [0.3, 0.4) is 0 Å². The molecule has 14 aromatic carbocycles. The smallest absolute Gasteiger partial charge is 0.0533 e. The SMILES string of the molecule is C(/C=C/c1ccccc1N(c1ccc(C=C(c2ccccc2)c2ccccc2)cc1)c1ccc2c(c1)CCCC2)=C(c1ccccc1)c1ccccc1.C(/C=C/c1ccccc1N(c1cccc(C=C(c2ccccc2)c2ccccc2)c1)c1ccc2c(c1)CCCC2)=C(c1ccccc1)c1ccccc1. The van der Waals surface area contributed by atoms with E-state index in [0.717, 1.165) is 64.3 Å². The van der Waals surface area contributed by atoms with Crippen molar-refractivity contribution >= 4 is 80.7 Å². The average molecular weight is 1360 g/mol. The number of benzene rings is 14. The first-order valence-corrected chi connectivity index (χ1v) is 37.5. The van der Waals surface area contributed by atoms with E-state index in [9.17, 15) is 0 Å². The summed E-state index contributed by atoms with van der Waals surface area (Å²) in [5.41, 5.74) is 31.8. The summed E-state index contributed by atoms with van der Waals surface area (Å²) >= 11 is 0. The molecule has 2 heteroatoms. The molecule has 14 aromatic rings. The number of fused-ring (bicyclic) bond motifs is 2. The highest BCUT2D eigenvalue weighted by Gasteiger charge is 2.22. The molecule has 0 N–H and O–H groups in total. The second-order valence-corrected chi connectivity index (χ2v) is 27.2. The fourth-order valence-electron chi connectivity index (χ4n) is 14.9. The second kappa shape index (κ2) is 34.4. The maximum absolute atomic E-state index is 2.44. The zero-order valence-electron chi connectivity index (χ0n) is 60.0. The monoisotopic (exact) mass is 1360 g/mol. The van der Waals surface area contributed by atoms with Gasteiger partial charge in [-0.25, -0.2) is 0 Å². The second-order valence-electron chi connectivity index (χ2n) is 27.2. The van der Waals surface area contributed by atoms with E-state index in [1.807, 2.05) is 0 Å². The molecule has 2 aliphatic rings. The summed E-state index contributed by atoms with van der Waals surface area (Å²) in [4.78, 5) is 4.87. The van der Waals surface area contributed by atoms with Gasteiger partial charge in [-0.15, -0.1) is 0 Å². The van der Waals surface area contributed by atoms with Crippen LogP contribution in [0, 0.1) is 0 Å². The molecule has 0 unspecified atom stereocenters. The van der Waals surface area contributed by atoms with Crippen molar-refractivity contribution in [3.8, 4) is 0 Å². The summed E-state index contributed by atoms with van der Waals surface area (Å²) in [5, 5.41) is 0. The van der Waals surface area contributed by atoms with Crippen LogP contribution in [0.2, 0.25) is 0 Å². The molecular weight excluding hydrogens is 1280 g/mol. The molecule has 0 bridgehead atoms. The quantitative estimate of drug-likeness (QED) is 0.0554. The molecule has 0 amide bonds. The van der Waals surface area contributed by atoms with Gasteiger partial charge >= 0.3 is 0 Å². The Hall–Kier alpha value is -12.9. The number of hydrogen-bond donors (Lipinski definition) is 0. The van der Waals surface area contributed by atoms with Crippen molar-refractivity contribution in [1.29, 1.82) is 0 Å². The highest BCUT2D eigenvalue weighted by atomic mass is 15.1. The van der Waals surface area contributed by atoms with Crippen molar-refractivity contribution in [3.63, 3.8) is 0 Å². The molecule has 16 rings (SSSR count). The third-order valence-electron chi connectivity index (χ3n) is 20.2. The van der Waals surface area contributed by atoms with Crippen LogP contribution in [-0.4, -0.2) is 0 Å². The minimum Gasteiger partial charge on any atom is -0.310 e. The maximum atomic E-state index is 2.44. The van der Waals surface area contributed by atoms with Gasteiger partial charge in [0.25, 0.3) is 0 Å². The van der Waals surface area contributed by atoms with E-state index >= 15 is 0 Å². The van der Waals surface area contributed by atoms with E-state index in [2.05, 4.69) is 435 Å². The van der Waals surface area contributed by atoms with Crippen LogP contribution in [0.4, 0.5) is 34.1 Å². The highest BCUT2D eigenvalue weighted by molar-refractivity contribution is 5.95. The lowest BCUT2D eigenvalue weighted by molar-refractivity contribution is 0.685. The van der Waals surface area contributed by atoms with E-state index in [4.69, 9.17) is 0 Å². The van der Waals surface area contributed by atoms with E-state index < -0.39 is 0 Å². The lowest BCUT2D eigenvalue weighted by Gasteiger charge is -2.29. The first-order valence-electron chi connectivity index (χ1n) is 37.5. The number of rotatable bonds is 20. The summed E-state index contributed by atoms with van der Waals surface area (Å²) in [7, 11) is 0. The number of allylic oxidation sites excluding steroid dienone is 4. The summed E-state index contributed by atoms with van der Waals surface area (Å²) in [5.74, 6) is 0. The van der Waals surface area contributed by atoms with Crippen LogP contribution in [0.25, 0.3) is 46.6 Å². The van der Waals surface area contributed by atoms with Gasteiger partial charge in [0.2, 0.25) is 0 Å². The first-order chi connectivity index (χ1) is 52.6. The third-order valence-corrected chi connectivity index (χ3v) is 20.2. The summed E-state index contributed by atoms with van der Waals surface area (Å²) in [6.45, 7) is 0. The largest absolute Gasteiger partial charge is 0.310 e. The van der Waals surface area contributed by atoms with Gasteiger partial charge in [-0.1, -0.05) is 352 Å². The van der Waals surface area contributed by atoms with Gasteiger partial charge in [0.1, 0.15) is 0 Å². The van der Waals surface area contributed by atoms with Crippen molar-refractivity contribution in [2.24, 2.45) is 0 Å². The zero-order chi connectivity index (χ0) is 71.3. The van der Waals surface area contributed by atoms with Crippen molar-refractivity contribution in [1.82, 2.24) is 0 Å². The van der Waals surface area contributed by atoms with Gasteiger partial charge in [0, 0.05) is 22.7 Å². The minimum atomic E-state index is 1.13. The molecule has 106 heavy (non-hydrogen) atoms. The van der Waals surface area contributed by atoms with Gasteiger partial charge in [-0.2, -0.15) is 0 Å². The molecule has 0 heterocycles. The van der Waals surface area contributed by atoms with E-state index in [0.29, 0.717) is 0 Å². The molecule has 512 valence electrons. The number of anilines is 6. The molecule has 0 saturated heterocycles. The first kappa shape index (κ1) is 68.9.